The molecule has 2 rings (SSSR count). The number of hydrogen-bond acceptors (Lipinski definition) is 3. The topological polar surface area (TPSA) is 103 Å². The van der Waals surface area contributed by atoms with Crippen LogP contribution in [0.1, 0.15) is 31.9 Å². The Balaban J connectivity index is 2.35. The second kappa shape index (κ2) is 7.77. The van der Waals surface area contributed by atoms with Gasteiger partial charge in [0, 0.05) is 16.5 Å². The summed E-state index contributed by atoms with van der Waals surface area (Å²) in [6.45, 7) is 13.4. The van der Waals surface area contributed by atoms with Gasteiger partial charge in [-0.25, -0.2) is 0 Å². The summed E-state index contributed by atoms with van der Waals surface area (Å²) in [5.74, 6) is 1.31. The van der Waals surface area contributed by atoms with Crippen molar-refractivity contribution in [2.24, 2.45) is 5.92 Å². The quantitative estimate of drug-likeness (QED) is 0.329. The van der Waals surface area contributed by atoms with E-state index in [-0.39, 0.29) is 17.1 Å². The van der Waals surface area contributed by atoms with Crippen LogP contribution < -0.4 is 10.2 Å². The zero-order valence-electron chi connectivity index (χ0n) is 16.2. The van der Waals surface area contributed by atoms with Crippen LogP contribution in [0.4, 0.5) is 0 Å². The first-order valence-electron chi connectivity index (χ1n) is 8.55. The summed E-state index contributed by atoms with van der Waals surface area (Å²) in [6, 6.07) is 3.21. The SMILES string of the molecule is C=C(/C=C\C(O)=C(/C)C(C)C)Oc1c(C)cc2[nH]c(P(=O)(O)O)cc2c1C. The van der Waals surface area contributed by atoms with Gasteiger partial charge in [-0.05, 0) is 62.1 Å². The number of hydrogen-bond donors (Lipinski definition) is 4. The average Bonchev–Trinajstić information content (AvgIpc) is 3.00. The minimum Gasteiger partial charge on any atom is -0.508 e. The molecule has 4 N–H and O–H groups in total. The van der Waals surface area contributed by atoms with Crippen LogP contribution in [0.2, 0.25) is 0 Å². The van der Waals surface area contributed by atoms with Crippen LogP contribution in [0.15, 0.2) is 48.0 Å². The lowest BCUT2D eigenvalue weighted by molar-refractivity contribution is 0.386. The molecule has 27 heavy (non-hydrogen) atoms. The van der Waals surface area contributed by atoms with Crippen LogP contribution in [-0.4, -0.2) is 19.9 Å². The number of nitrogens with one attached hydrogen (secondary N) is 1. The molecule has 0 bridgehead atoms. The Kier molecular flexibility index (Phi) is 6.05. The van der Waals surface area contributed by atoms with E-state index >= 15 is 0 Å². The van der Waals surface area contributed by atoms with Gasteiger partial charge in [-0.3, -0.25) is 4.57 Å². The van der Waals surface area contributed by atoms with Gasteiger partial charge in [0.2, 0.25) is 0 Å². The number of benzene rings is 1. The molecule has 0 aliphatic heterocycles. The maximum atomic E-state index is 11.5. The number of H-pyrrole nitrogens is 1. The van der Waals surface area contributed by atoms with Gasteiger partial charge in [-0.1, -0.05) is 20.4 Å². The van der Waals surface area contributed by atoms with E-state index in [0.29, 0.717) is 22.4 Å². The minimum atomic E-state index is -4.37. The number of aromatic nitrogens is 1. The van der Waals surface area contributed by atoms with Gasteiger partial charge in [-0.2, -0.15) is 0 Å². The summed E-state index contributed by atoms with van der Waals surface area (Å²) in [5, 5.41) is 10.7. The second-order valence-electron chi connectivity index (χ2n) is 6.93. The molecule has 0 unspecified atom stereocenters. The predicted molar refractivity (Wildman–Crippen MR) is 109 cm³/mol. The summed E-state index contributed by atoms with van der Waals surface area (Å²) in [7, 11) is -4.37. The fraction of sp³-hybridized carbons (Fsp3) is 0.300. The molecule has 0 fully saturated rings. The smallest absolute Gasteiger partial charge is 0.372 e. The van der Waals surface area contributed by atoms with E-state index in [1.165, 1.54) is 6.07 Å². The summed E-state index contributed by atoms with van der Waals surface area (Å²) in [4.78, 5) is 21.5. The van der Waals surface area contributed by atoms with Gasteiger partial charge < -0.3 is 24.6 Å². The standard InChI is InChI=1S/C20H26NO5P/c1-11(2)14(5)18(22)8-7-13(4)26-20-12(3)9-17-16(15(20)6)10-19(21-17)27(23,24)25/h7-11,21-22H,4H2,1-3,5-6H3,(H2,23,24,25)/b8-7-,18-14-. The molecule has 0 radical (unpaired) electrons. The van der Waals surface area contributed by atoms with Gasteiger partial charge in [0.05, 0.1) is 0 Å². The van der Waals surface area contributed by atoms with Gasteiger partial charge in [0.15, 0.2) is 0 Å². The summed E-state index contributed by atoms with van der Waals surface area (Å²) in [6.07, 6.45) is 3.13. The normalized spacial score (nSPS) is 13.5. The van der Waals surface area contributed by atoms with E-state index in [1.54, 1.807) is 18.2 Å². The third-order valence-corrected chi connectivity index (χ3v) is 5.41. The molecule has 6 nitrogen and oxygen atoms in total. The highest BCUT2D eigenvalue weighted by Crippen LogP contribution is 2.37. The van der Waals surface area contributed by atoms with Crippen molar-refractivity contribution in [3.05, 3.63) is 59.1 Å². The Morgan fingerprint density at radius 3 is 2.44 bits per heavy atom. The van der Waals surface area contributed by atoms with E-state index in [1.807, 2.05) is 34.6 Å². The highest BCUT2D eigenvalue weighted by Gasteiger charge is 2.22. The molecule has 1 heterocycles. The Hall–Kier alpha value is -2.27. The van der Waals surface area contributed by atoms with Crippen LogP contribution in [0.5, 0.6) is 5.75 Å². The first-order chi connectivity index (χ1) is 12.4. The Morgan fingerprint density at radius 2 is 1.89 bits per heavy atom. The first kappa shape index (κ1) is 21.0. The zero-order valence-corrected chi connectivity index (χ0v) is 17.1. The van der Waals surface area contributed by atoms with Crippen molar-refractivity contribution in [3.63, 3.8) is 0 Å². The van der Waals surface area contributed by atoms with Crippen molar-refractivity contribution >= 4 is 23.9 Å². The van der Waals surface area contributed by atoms with Crippen LogP contribution in [0.25, 0.3) is 10.9 Å². The molecule has 2 aromatic rings. The lowest BCUT2D eigenvalue weighted by Crippen LogP contribution is -2.03. The Labute approximate surface area is 159 Å². The van der Waals surface area contributed by atoms with Crippen molar-refractivity contribution in [3.8, 4) is 5.75 Å². The zero-order chi connectivity index (χ0) is 20.5. The summed E-state index contributed by atoms with van der Waals surface area (Å²) in [5.41, 5.74) is 2.91. The van der Waals surface area contributed by atoms with Crippen molar-refractivity contribution in [2.45, 2.75) is 34.6 Å². The molecule has 0 saturated carbocycles. The molecule has 0 aliphatic rings. The van der Waals surface area contributed by atoms with E-state index in [9.17, 15) is 19.5 Å². The lowest BCUT2D eigenvalue weighted by atomic mass is 10.0. The Bertz CT molecular complexity index is 991. The third-order valence-electron chi connectivity index (χ3n) is 4.54. The number of aliphatic hydroxyl groups excluding tert-OH is 1. The molecule has 0 aliphatic carbocycles. The molecule has 0 atom stereocenters. The number of fused-ring (bicyclic) bond motifs is 1. The minimum absolute atomic E-state index is 0.130. The summed E-state index contributed by atoms with van der Waals surface area (Å²) >= 11 is 0. The van der Waals surface area contributed by atoms with Gasteiger partial charge in [0.25, 0.3) is 0 Å². The number of aromatic amines is 1. The van der Waals surface area contributed by atoms with Crippen LogP contribution in [-0.2, 0) is 4.57 Å². The second-order valence-corrected chi connectivity index (χ2v) is 8.50. The molecular formula is C20H26NO5P. The Morgan fingerprint density at radius 1 is 1.26 bits per heavy atom. The maximum absolute atomic E-state index is 11.5. The largest absolute Gasteiger partial charge is 0.508 e. The van der Waals surface area contributed by atoms with Crippen molar-refractivity contribution < 1.29 is 24.2 Å². The molecule has 7 heteroatoms. The van der Waals surface area contributed by atoms with E-state index < -0.39 is 7.60 Å². The van der Waals surface area contributed by atoms with Crippen LogP contribution >= 0.6 is 7.60 Å². The molecular weight excluding hydrogens is 365 g/mol. The monoisotopic (exact) mass is 391 g/mol. The van der Waals surface area contributed by atoms with Crippen molar-refractivity contribution in [1.29, 1.82) is 0 Å². The highest BCUT2D eigenvalue weighted by molar-refractivity contribution is 7.60. The average molecular weight is 391 g/mol. The van der Waals surface area contributed by atoms with Gasteiger partial charge in [0.1, 0.15) is 22.7 Å². The van der Waals surface area contributed by atoms with Crippen LogP contribution in [0, 0.1) is 19.8 Å². The first-order valence-corrected chi connectivity index (χ1v) is 10.2. The van der Waals surface area contributed by atoms with E-state index in [2.05, 4.69) is 11.6 Å². The summed E-state index contributed by atoms with van der Waals surface area (Å²) < 4.78 is 17.3. The predicted octanol–water partition coefficient (Wildman–Crippen LogP) is 4.52. The number of ether oxygens (including phenoxy) is 1. The lowest BCUT2D eigenvalue weighted by Gasteiger charge is -2.13. The van der Waals surface area contributed by atoms with E-state index in [4.69, 9.17) is 4.74 Å². The van der Waals surface area contributed by atoms with Crippen molar-refractivity contribution in [1.82, 2.24) is 4.98 Å². The van der Waals surface area contributed by atoms with Gasteiger partial charge in [-0.15, -0.1) is 0 Å². The number of allylic oxidation sites excluding steroid dienone is 3. The fourth-order valence-electron chi connectivity index (χ4n) is 2.66. The maximum Gasteiger partial charge on any atom is 0.372 e. The molecule has 0 spiro atoms. The van der Waals surface area contributed by atoms with E-state index in [0.717, 1.165) is 16.7 Å². The number of aryl methyl sites for hydroxylation is 2. The highest BCUT2D eigenvalue weighted by atomic mass is 31.2. The molecule has 1 aromatic carbocycles. The van der Waals surface area contributed by atoms with Crippen molar-refractivity contribution in [2.75, 3.05) is 0 Å². The third kappa shape index (κ3) is 4.72. The molecule has 0 saturated heterocycles. The molecule has 0 amide bonds. The molecule has 1 aromatic heterocycles. The number of rotatable bonds is 6. The van der Waals surface area contributed by atoms with Crippen LogP contribution in [0.3, 0.4) is 0 Å². The molecule has 146 valence electrons. The number of aliphatic hydroxyl groups is 1. The fourth-order valence-corrected chi connectivity index (χ4v) is 3.22. The van der Waals surface area contributed by atoms with Gasteiger partial charge >= 0.3 is 7.60 Å².